The minimum Gasteiger partial charge on any atom is -0.464 e. The van der Waals surface area contributed by atoms with E-state index in [1.54, 1.807) is 16.9 Å². The third kappa shape index (κ3) is 3.62. The van der Waals surface area contributed by atoms with Gasteiger partial charge in [-0.15, -0.1) is 0 Å². The van der Waals surface area contributed by atoms with Crippen LogP contribution < -0.4 is 15.6 Å². The van der Waals surface area contributed by atoms with Gasteiger partial charge in [-0.05, 0) is 12.1 Å². The lowest BCUT2D eigenvalue weighted by molar-refractivity contribution is -0.120. The molecule has 12 heteroatoms. The lowest BCUT2D eigenvalue weighted by Gasteiger charge is -2.07. The number of hydrogen-bond donors (Lipinski definition) is 4. The number of nitrogens with zero attached hydrogens (tertiary/aromatic N) is 2. The molecule has 0 aliphatic carbocycles. The fourth-order valence-electron chi connectivity index (χ4n) is 1.40. The quantitative estimate of drug-likeness (QED) is 0.539. The molecule has 10 nitrogen and oxygen atoms in total. The van der Waals surface area contributed by atoms with E-state index in [4.69, 9.17) is 5.11 Å². The summed E-state index contributed by atoms with van der Waals surface area (Å²) in [6.07, 6.45) is -1.47. The SMILES string of the molecule is O=C(O)NNC(=O)CNS(=O)(=O)c1cccc2nsnc12. The lowest BCUT2D eigenvalue weighted by atomic mass is 10.3. The summed E-state index contributed by atoms with van der Waals surface area (Å²) in [6.45, 7) is -0.628. The van der Waals surface area contributed by atoms with E-state index in [1.165, 1.54) is 12.1 Å². The van der Waals surface area contributed by atoms with Crippen molar-refractivity contribution in [1.82, 2.24) is 24.3 Å². The van der Waals surface area contributed by atoms with Gasteiger partial charge in [0.25, 0.3) is 5.91 Å². The first-order valence-electron chi connectivity index (χ1n) is 5.39. The molecule has 21 heavy (non-hydrogen) atoms. The van der Waals surface area contributed by atoms with Gasteiger partial charge in [0, 0.05) is 0 Å². The van der Waals surface area contributed by atoms with E-state index in [1.807, 2.05) is 4.72 Å². The Balaban J connectivity index is 2.10. The highest BCUT2D eigenvalue weighted by molar-refractivity contribution is 7.89. The molecule has 0 saturated carbocycles. The Morgan fingerprint density at radius 1 is 1.24 bits per heavy atom. The molecule has 0 saturated heterocycles. The van der Waals surface area contributed by atoms with Crippen LogP contribution in [0.1, 0.15) is 0 Å². The first-order chi connectivity index (χ1) is 9.90. The largest absolute Gasteiger partial charge is 0.464 e. The zero-order valence-corrected chi connectivity index (χ0v) is 11.9. The van der Waals surface area contributed by atoms with Crippen LogP contribution in [0.3, 0.4) is 0 Å². The molecule has 0 aliphatic rings. The Morgan fingerprint density at radius 3 is 2.71 bits per heavy atom. The summed E-state index contributed by atoms with van der Waals surface area (Å²) in [7, 11) is -3.97. The van der Waals surface area contributed by atoms with Crippen molar-refractivity contribution in [2.75, 3.05) is 6.54 Å². The summed E-state index contributed by atoms with van der Waals surface area (Å²) in [5.74, 6) is -0.857. The van der Waals surface area contributed by atoms with Crippen molar-refractivity contribution >= 4 is 44.8 Å². The van der Waals surface area contributed by atoms with Gasteiger partial charge in [-0.1, -0.05) is 6.07 Å². The Hall–Kier alpha value is -2.31. The number of nitrogens with one attached hydrogen (secondary N) is 3. The van der Waals surface area contributed by atoms with Gasteiger partial charge in [0.15, 0.2) is 0 Å². The summed E-state index contributed by atoms with van der Waals surface area (Å²) < 4.78 is 34.0. The van der Waals surface area contributed by atoms with Crippen LogP contribution in [-0.4, -0.2) is 40.8 Å². The highest BCUT2D eigenvalue weighted by Gasteiger charge is 2.20. The zero-order chi connectivity index (χ0) is 15.5. The van der Waals surface area contributed by atoms with Crippen LogP contribution in [0.25, 0.3) is 11.0 Å². The molecule has 0 bridgehead atoms. The van der Waals surface area contributed by atoms with E-state index in [0.29, 0.717) is 5.52 Å². The second-order valence-electron chi connectivity index (χ2n) is 3.69. The Morgan fingerprint density at radius 2 is 2.00 bits per heavy atom. The van der Waals surface area contributed by atoms with E-state index in [0.717, 1.165) is 11.7 Å². The number of sulfonamides is 1. The molecule has 0 aliphatic heterocycles. The van der Waals surface area contributed by atoms with E-state index in [9.17, 15) is 18.0 Å². The molecular formula is C9H9N5O5S2. The van der Waals surface area contributed by atoms with Gasteiger partial charge in [0.05, 0.1) is 18.3 Å². The van der Waals surface area contributed by atoms with Crippen LogP contribution in [0, 0.1) is 0 Å². The maximum absolute atomic E-state index is 12.1. The van der Waals surface area contributed by atoms with Gasteiger partial charge < -0.3 is 5.11 Å². The minimum absolute atomic E-state index is 0.104. The molecule has 1 aromatic heterocycles. The number of aromatic nitrogens is 2. The molecule has 0 atom stereocenters. The van der Waals surface area contributed by atoms with Crippen LogP contribution in [0.5, 0.6) is 0 Å². The number of hydrogen-bond acceptors (Lipinski definition) is 7. The normalized spacial score (nSPS) is 11.2. The topological polar surface area (TPSA) is 150 Å². The maximum atomic E-state index is 12.1. The number of amides is 2. The first kappa shape index (κ1) is 15.1. The van der Waals surface area contributed by atoms with Gasteiger partial charge >= 0.3 is 6.09 Å². The van der Waals surface area contributed by atoms with E-state index in [2.05, 4.69) is 8.75 Å². The lowest BCUT2D eigenvalue weighted by Crippen LogP contribution is -2.45. The summed E-state index contributed by atoms with van der Waals surface area (Å²) in [6, 6.07) is 4.45. The Bertz CT molecular complexity index is 787. The molecular weight excluding hydrogens is 322 g/mol. The number of carboxylic acid groups (broad SMARTS) is 1. The van der Waals surface area contributed by atoms with Crippen molar-refractivity contribution in [3.05, 3.63) is 18.2 Å². The number of fused-ring (bicyclic) bond motifs is 1. The monoisotopic (exact) mass is 331 g/mol. The van der Waals surface area contributed by atoms with Crippen molar-refractivity contribution < 1.29 is 23.1 Å². The van der Waals surface area contributed by atoms with E-state index < -0.39 is 28.6 Å². The average molecular weight is 331 g/mol. The number of carbonyl (C=O) groups is 2. The van der Waals surface area contributed by atoms with Crippen molar-refractivity contribution in [2.24, 2.45) is 0 Å². The van der Waals surface area contributed by atoms with Crippen LogP contribution in [0.2, 0.25) is 0 Å². The number of carbonyl (C=O) groups excluding carboxylic acids is 1. The average Bonchev–Trinajstić information content (AvgIpc) is 2.91. The van der Waals surface area contributed by atoms with Gasteiger partial charge in [0.2, 0.25) is 10.0 Å². The Kier molecular flexibility index (Phi) is 4.30. The molecule has 1 aromatic carbocycles. The predicted octanol–water partition coefficient (Wildman–Crippen LogP) is -0.732. The van der Waals surface area contributed by atoms with Crippen LogP contribution in [-0.2, 0) is 14.8 Å². The van der Waals surface area contributed by atoms with Crippen molar-refractivity contribution in [3.63, 3.8) is 0 Å². The van der Waals surface area contributed by atoms with Crippen LogP contribution in [0.4, 0.5) is 4.79 Å². The van der Waals surface area contributed by atoms with Crippen LogP contribution >= 0.6 is 11.7 Å². The van der Waals surface area contributed by atoms with Gasteiger partial charge in [-0.3, -0.25) is 10.2 Å². The molecule has 1 heterocycles. The fourth-order valence-corrected chi connectivity index (χ4v) is 3.15. The molecule has 112 valence electrons. The predicted molar refractivity (Wildman–Crippen MR) is 71.9 cm³/mol. The summed E-state index contributed by atoms with van der Waals surface area (Å²) in [5.41, 5.74) is 4.04. The van der Waals surface area contributed by atoms with Gasteiger partial charge in [-0.2, -0.15) is 8.75 Å². The van der Waals surface area contributed by atoms with Crippen molar-refractivity contribution in [2.45, 2.75) is 4.90 Å². The van der Waals surface area contributed by atoms with Crippen LogP contribution in [0.15, 0.2) is 23.1 Å². The maximum Gasteiger partial charge on any atom is 0.423 e. The summed E-state index contributed by atoms with van der Waals surface area (Å²) in [4.78, 5) is 21.3. The molecule has 2 amide bonds. The van der Waals surface area contributed by atoms with Crippen molar-refractivity contribution in [3.8, 4) is 0 Å². The van der Waals surface area contributed by atoms with Gasteiger partial charge in [-0.25, -0.2) is 23.4 Å². The summed E-state index contributed by atoms with van der Waals surface area (Å²) in [5, 5.41) is 8.28. The third-order valence-corrected chi connectivity index (χ3v) is 4.25. The standard InChI is InChI=1S/C9H9N5O5S2/c15-7(11-12-9(16)17)4-10-21(18,19)6-3-1-2-5-8(6)14-20-13-5/h1-3,10,12H,4H2,(H,11,15)(H,16,17). The number of benzene rings is 1. The van der Waals surface area contributed by atoms with Gasteiger partial charge in [0.1, 0.15) is 15.9 Å². The smallest absolute Gasteiger partial charge is 0.423 e. The molecule has 2 aromatic rings. The highest BCUT2D eigenvalue weighted by atomic mass is 32.2. The fraction of sp³-hybridized carbons (Fsp3) is 0.111. The first-order valence-corrected chi connectivity index (χ1v) is 7.60. The second kappa shape index (κ2) is 5.99. The number of rotatable bonds is 4. The minimum atomic E-state index is -3.97. The second-order valence-corrected chi connectivity index (χ2v) is 5.95. The zero-order valence-electron chi connectivity index (χ0n) is 10.2. The molecule has 0 radical (unpaired) electrons. The molecule has 0 fully saturated rings. The highest BCUT2D eigenvalue weighted by Crippen LogP contribution is 2.20. The van der Waals surface area contributed by atoms with Crippen molar-refractivity contribution in [1.29, 1.82) is 0 Å². The van der Waals surface area contributed by atoms with E-state index >= 15 is 0 Å². The molecule has 0 spiro atoms. The van der Waals surface area contributed by atoms with E-state index in [-0.39, 0.29) is 10.4 Å². The molecule has 2 rings (SSSR count). The third-order valence-electron chi connectivity index (χ3n) is 2.27. The molecule has 0 unspecified atom stereocenters. The Labute approximate surface area is 122 Å². The number of hydrazine groups is 1. The summed E-state index contributed by atoms with van der Waals surface area (Å²) >= 11 is 0.872. The molecule has 4 N–H and O–H groups in total.